The first-order valence-corrected chi connectivity index (χ1v) is 7.87. The van der Waals surface area contributed by atoms with E-state index < -0.39 is 0 Å². The van der Waals surface area contributed by atoms with Gasteiger partial charge in [0.1, 0.15) is 0 Å². The summed E-state index contributed by atoms with van der Waals surface area (Å²) in [6.07, 6.45) is 2.17. The van der Waals surface area contributed by atoms with Crippen LogP contribution in [0.1, 0.15) is 19.3 Å². The van der Waals surface area contributed by atoms with E-state index in [9.17, 15) is 14.4 Å². The molecule has 0 aliphatic carbocycles. The zero-order chi connectivity index (χ0) is 16.2. The van der Waals surface area contributed by atoms with E-state index in [1.165, 1.54) is 4.68 Å². The number of piperidine rings is 1. The molecule has 0 radical (unpaired) electrons. The molecule has 0 saturated carbocycles. The van der Waals surface area contributed by atoms with Crippen molar-refractivity contribution in [3.8, 4) is 0 Å². The standard InChI is InChI=1S/C16H20N4O3.ClH/c21-14(18-11-4-3-8-17-10-11)7-9-20-16(23)13-6-2-1-5-12(13)15(22)19-20;/h1-2,5-6,11,17H,3-4,7-10H2,(H,18,21)(H,19,22);1H. The van der Waals surface area contributed by atoms with Crippen LogP contribution in [0.5, 0.6) is 0 Å². The number of nitrogens with zero attached hydrogens (tertiary/aromatic N) is 1. The monoisotopic (exact) mass is 352 g/mol. The van der Waals surface area contributed by atoms with E-state index in [1.807, 2.05) is 0 Å². The van der Waals surface area contributed by atoms with Gasteiger partial charge in [0.2, 0.25) is 5.91 Å². The molecular formula is C16H21ClN4O3. The maximum Gasteiger partial charge on any atom is 0.273 e. The Bertz CT molecular complexity index is 824. The molecule has 1 aromatic heterocycles. The number of rotatable bonds is 4. The van der Waals surface area contributed by atoms with Crippen molar-refractivity contribution in [2.45, 2.75) is 31.8 Å². The predicted molar refractivity (Wildman–Crippen MR) is 94.7 cm³/mol. The molecule has 0 bridgehead atoms. The number of fused-ring (bicyclic) bond motifs is 1. The van der Waals surface area contributed by atoms with Crippen molar-refractivity contribution in [3.05, 3.63) is 45.0 Å². The fraction of sp³-hybridized carbons (Fsp3) is 0.438. The number of aryl methyl sites for hydroxylation is 1. The highest BCUT2D eigenvalue weighted by atomic mass is 35.5. The Labute approximate surface area is 144 Å². The normalized spacial score (nSPS) is 17.2. The van der Waals surface area contributed by atoms with Crippen LogP contribution in [0.15, 0.2) is 33.9 Å². The van der Waals surface area contributed by atoms with Gasteiger partial charge in [-0.1, -0.05) is 12.1 Å². The molecule has 1 unspecified atom stereocenters. The van der Waals surface area contributed by atoms with E-state index in [4.69, 9.17) is 0 Å². The van der Waals surface area contributed by atoms with Crippen LogP contribution < -0.4 is 21.8 Å². The smallest absolute Gasteiger partial charge is 0.273 e. The number of H-pyrrole nitrogens is 1. The summed E-state index contributed by atoms with van der Waals surface area (Å²) in [6, 6.07) is 6.81. The quantitative estimate of drug-likeness (QED) is 0.740. The summed E-state index contributed by atoms with van der Waals surface area (Å²) in [4.78, 5) is 36.3. The van der Waals surface area contributed by atoms with Crippen LogP contribution in [0.3, 0.4) is 0 Å². The molecule has 1 aromatic carbocycles. The summed E-state index contributed by atoms with van der Waals surface area (Å²) in [5.74, 6) is -0.111. The van der Waals surface area contributed by atoms with E-state index in [0.29, 0.717) is 10.8 Å². The number of amides is 1. The molecule has 1 amide bonds. The van der Waals surface area contributed by atoms with Crippen molar-refractivity contribution in [2.24, 2.45) is 0 Å². The Morgan fingerprint density at radius 3 is 2.71 bits per heavy atom. The Morgan fingerprint density at radius 1 is 1.25 bits per heavy atom. The Morgan fingerprint density at radius 2 is 2.00 bits per heavy atom. The van der Waals surface area contributed by atoms with E-state index in [2.05, 4.69) is 15.7 Å². The third kappa shape index (κ3) is 4.04. The van der Waals surface area contributed by atoms with Crippen LogP contribution in [-0.2, 0) is 11.3 Å². The number of nitrogens with one attached hydrogen (secondary N) is 3. The molecule has 1 fully saturated rings. The summed E-state index contributed by atoms with van der Waals surface area (Å²) >= 11 is 0. The number of aromatic nitrogens is 2. The largest absolute Gasteiger partial charge is 0.352 e. The minimum atomic E-state index is -0.322. The maximum atomic E-state index is 12.3. The van der Waals surface area contributed by atoms with Gasteiger partial charge in [-0.05, 0) is 31.5 Å². The molecule has 3 N–H and O–H groups in total. The fourth-order valence-corrected chi connectivity index (χ4v) is 2.89. The van der Waals surface area contributed by atoms with E-state index in [0.717, 1.165) is 25.9 Å². The zero-order valence-corrected chi connectivity index (χ0v) is 14.0. The van der Waals surface area contributed by atoms with E-state index in [-0.39, 0.29) is 48.4 Å². The molecule has 8 heteroatoms. The van der Waals surface area contributed by atoms with Gasteiger partial charge < -0.3 is 10.6 Å². The van der Waals surface area contributed by atoms with Gasteiger partial charge in [0, 0.05) is 19.0 Å². The van der Waals surface area contributed by atoms with Crippen LogP contribution in [0.25, 0.3) is 10.8 Å². The molecule has 7 nitrogen and oxygen atoms in total. The van der Waals surface area contributed by atoms with E-state index >= 15 is 0 Å². The van der Waals surface area contributed by atoms with Gasteiger partial charge >= 0.3 is 0 Å². The maximum absolute atomic E-state index is 12.3. The van der Waals surface area contributed by atoms with Crippen LogP contribution in [-0.4, -0.2) is 34.8 Å². The Kier molecular flexibility index (Phi) is 6.16. The van der Waals surface area contributed by atoms with Crippen LogP contribution >= 0.6 is 12.4 Å². The average molecular weight is 353 g/mol. The molecule has 1 atom stereocenters. The Hall–Kier alpha value is -2.12. The average Bonchev–Trinajstić information content (AvgIpc) is 2.58. The molecular weight excluding hydrogens is 332 g/mol. The predicted octanol–water partition coefficient (Wildman–Crippen LogP) is 0.370. The topological polar surface area (TPSA) is 96.0 Å². The van der Waals surface area contributed by atoms with Gasteiger partial charge in [0.25, 0.3) is 11.1 Å². The van der Waals surface area contributed by atoms with Gasteiger partial charge in [-0.15, -0.1) is 12.4 Å². The third-order valence-corrected chi connectivity index (χ3v) is 4.11. The highest BCUT2D eigenvalue weighted by molar-refractivity contribution is 5.85. The highest BCUT2D eigenvalue weighted by Gasteiger charge is 2.15. The van der Waals surface area contributed by atoms with Crippen LogP contribution in [0, 0.1) is 0 Å². The van der Waals surface area contributed by atoms with Crippen molar-refractivity contribution in [2.75, 3.05) is 13.1 Å². The zero-order valence-electron chi connectivity index (χ0n) is 13.2. The SMILES string of the molecule is Cl.O=C(CCn1[nH]c(=O)c2ccccc2c1=O)NC1CCCNC1. The minimum Gasteiger partial charge on any atom is -0.352 e. The number of carbonyl (C=O) groups is 1. The van der Waals surface area contributed by atoms with Gasteiger partial charge in [0.15, 0.2) is 0 Å². The first kappa shape index (κ1) is 18.2. The lowest BCUT2D eigenvalue weighted by Crippen LogP contribution is -2.46. The van der Waals surface area contributed by atoms with Crippen molar-refractivity contribution < 1.29 is 4.79 Å². The lowest BCUT2D eigenvalue weighted by molar-refractivity contribution is -0.122. The summed E-state index contributed by atoms with van der Waals surface area (Å²) in [7, 11) is 0. The fourth-order valence-electron chi connectivity index (χ4n) is 2.89. The molecule has 1 aliphatic heterocycles. The molecule has 0 spiro atoms. The second kappa shape index (κ2) is 8.12. The Balaban J connectivity index is 0.00000208. The van der Waals surface area contributed by atoms with Crippen LogP contribution in [0.2, 0.25) is 0 Å². The number of carbonyl (C=O) groups excluding carboxylic acids is 1. The molecule has 2 heterocycles. The minimum absolute atomic E-state index is 0. The summed E-state index contributed by atoms with van der Waals surface area (Å²) in [6.45, 7) is 1.92. The van der Waals surface area contributed by atoms with Crippen molar-refractivity contribution >= 4 is 29.1 Å². The van der Waals surface area contributed by atoms with Crippen molar-refractivity contribution in [1.29, 1.82) is 0 Å². The number of hydrogen-bond acceptors (Lipinski definition) is 4. The van der Waals surface area contributed by atoms with Crippen molar-refractivity contribution in [3.63, 3.8) is 0 Å². The summed E-state index contributed by atoms with van der Waals surface area (Å²) in [5.41, 5.74) is -0.607. The second-order valence-corrected chi connectivity index (χ2v) is 5.80. The first-order valence-electron chi connectivity index (χ1n) is 7.87. The number of halogens is 1. The highest BCUT2D eigenvalue weighted by Crippen LogP contribution is 2.03. The van der Waals surface area contributed by atoms with Gasteiger partial charge in [0.05, 0.1) is 17.3 Å². The molecule has 2 aromatic rings. The molecule has 3 rings (SSSR count). The lowest BCUT2D eigenvalue weighted by atomic mass is 10.1. The van der Waals surface area contributed by atoms with Gasteiger partial charge in [-0.2, -0.15) is 0 Å². The summed E-state index contributed by atoms with van der Waals surface area (Å²) in [5, 5.41) is 9.45. The molecule has 130 valence electrons. The molecule has 1 saturated heterocycles. The molecule has 24 heavy (non-hydrogen) atoms. The first-order chi connectivity index (χ1) is 11.1. The number of aromatic amines is 1. The molecule has 1 aliphatic rings. The number of benzene rings is 1. The van der Waals surface area contributed by atoms with Crippen molar-refractivity contribution in [1.82, 2.24) is 20.4 Å². The van der Waals surface area contributed by atoms with Gasteiger partial charge in [-0.25, -0.2) is 4.68 Å². The second-order valence-electron chi connectivity index (χ2n) is 5.80. The third-order valence-electron chi connectivity index (χ3n) is 4.11. The van der Waals surface area contributed by atoms with Crippen LogP contribution in [0.4, 0.5) is 0 Å². The van der Waals surface area contributed by atoms with E-state index in [1.54, 1.807) is 24.3 Å². The summed E-state index contributed by atoms with van der Waals surface area (Å²) < 4.78 is 1.21. The number of hydrogen-bond donors (Lipinski definition) is 3. The lowest BCUT2D eigenvalue weighted by Gasteiger charge is -2.23. The van der Waals surface area contributed by atoms with Gasteiger partial charge in [-0.3, -0.25) is 19.5 Å².